The van der Waals surface area contributed by atoms with Crippen molar-refractivity contribution in [2.24, 2.45) is 0 Å². The van der Waals surface area contributed by atoms with Crippen LogP contribution in [0.4, 0.5) is 17.1 Å². The standard InChI is InChI=1S/C19H16ClN3O6S2/c20-18-6-1-2-7-19(18)22-31(28,29)17-10-8-15(9-11-17)21-30(26,27)13-14-4-3-5-16(12-14)23(24)25/h1-12,21-22H,13H2. The molecule has 0 aliphatic carbocycles. The summed E-state index contributed by atoms with van der Waals surface area (Å²) in [5.41, 5.74) is 0.381. The van der Waals surface area contributed by atoms with E-state index in [0.29, 0.717) is 0 Å². The normalized spacial score (nSPS) is 11.6. The molecule has 2 N–H and O–H groups in total. The number of nitro groups is 1. The van der Waals surface area contributed by atoms with Crippen molar-refractivity contribution in [3.05, 3.63) is 93.5 Å². The van der Waals surface area contributed by atoms with Crippen LogP contribution in [0.2, 0.25) is 5.02 Å². The van der Waals surface area contributed by atoms with Crippen molar-refractivity contribution in [1.29, 1.82) is 0 Å². The van der Waals surface area contributed by atoms with Crippen LogP contribution < -0.4 is 9.44 Å². The number of halogens is 1. The second-order valence-corrected chi connectivity index (χ2v) is 10.2. The number of para-hydroxylation sites is 1. The van der Waals surface area contributed by atoms with E-state index in [1.54, 1.807) is 18.2 Å². The monoisotopic (exact) mass is 481 g/mol. The molecule has 0 atom stereocenters. The lowest BCUT2D eigenvalue weighted by Gasteiger charge is -2.11. The van der Waals surface area contributed by atoms with Crippen molar-refractivity contribution >= 4 is 48.7 Å². The maximum atomic E-state index is 12.5. The Morgan fingerprint density at radius 1 is 0.871 bits per heavy atom. The lowest BCUT2D eigenvalue weighted by Crippen LogP contribution is -2.16. The Balaban J connectivity index is 1.73. The van der Waals surface area contributed by atoms with Gasteiger partial charge in [-0.1, -0.05) is 35.9 Å². The van der Waals surface area contributed by atoms with E-state index in [4.69, 9.17) is 11.6 Å². The summed E-state index contributed by atoms with van der Waals surface area (Å²) in [7, 11) is -7.82. The van der Waals surface area contributed by atoms with Crippen molar-refractivity contribution in [3.63, 3.8) is 0 Å². The fourth-order valence-electron chi connectivity index (χ4n) is 2.64. The van der Waals surface area contributed by atoms with Crippen molar-refractivity contribution in [1.82, 2.24) is 0 Å². The minimum atomic E-state index is -3.93. The number of non-ortho nitro benzene ring substituents is 1. The molecule has 9 nitrogen and oxygen atoms in total. The van der Waals surface area contributed by atoms with Gasteiger partial charge in [-0.25, -0.2) is 16.8 Å². The number of benzene rings is 3. The van der Waals surface area contributed by atoms with Crippen LogP contribution in [-0.2, 0) is 25.8 Å². The molecule has 0 aromatic heterocycles. The van der Waals surface area contributed by atoms with Crippen LogP contribution >= 0.6 is 11.6 Å². The number of hydrogen-bond acceptors (Lipinski definition) is 6. The topological polar surface area (TPSA) is 135 Å². The zero-order valence-electron chi connectivity index (χ0n) is 15.7. The van der Waals surface area contributed by atoms with Gasteiger partial charge in [0, 0.05) is 17.8 Å². The van der Waals surface area contributed by atoms with Gasteiger partial charge in [0.15, 0.2) is 0 Å². The van der Waals surface area contributed by atoms with Gasteiger partial charge in [0.2, 0.25) is 10.0 Å². The van der Waals surface area contributed by atoms with Gasteiger partial charge in [-0.2, -0.15) is 0 Å². The molecule has 0 saturated carbocycles. The van der Waals surface area contributed by atoms with Gasteiger partial charge < -0.3 is 0 Å². The molecular weight excluding hydrogens is 466 g/mol. The molecule has 12 heteroatoms. The maximum absolute atomic E-state index is 12.5. The van der Waals surface area contributed by atoms with Gasteiger partial charge in [0.1, 0.15) is 0 Å². The van der Waals surface area contributed by atoms with Crippen LogP contribution in [0.5, 0.6) is 0 Å². The predicted molar refractivity (Wildman–Crippen MR) is 118 cm³/mol. The highest BCUT2D eigenvalue weighted by Gasteiger charge is 2.18. The summed E-state index contributed by atoms with van der Waals surface area (Å²) in [5.74, 6) is -0.483. The van der Waals surface area contributed by atoms with Crippen LogP contribution in [0.1, 0.15) is 5.56 Å². The van der Waals surface area contributed by atoms with Gasteiger partial charge in [0.25, 0.3) is 15.7 Å². The summed E-state index contributed by atoms with van der Waals surface area (Å²) in [5, 5.41) is 11.1. The first-order chi connectivity index (χ1) is 14.6. The molecule has 0 radical (unpaired) electrons. The number of anilines is 2. The highest BCUT2D eigenvalue weighted by Crippen LogP contribution is 2.25. The average Bonchev–Trinajstić information content (AvgIpc) is 2.69. The molecule has 0 aliphatic rings. The molecule has 0 spiro atoms. The first kappa shape index (κ1) is 22.5. The van der Waals surface area contributed by atoms with Gasteiger partial charge in [-0.3, -0.25) is 19.6 Å². The molecular formula is C19H16ClN3O6S2. The molecule has 0 saturated heterocycles. The predicted octanol–water partition coefficient (Wildman–Crippen LogP) is 3.99. The smallest absolute Gasteiger partial charge is 0.269 e. The van der Waals surface area contributed by atoms with E-state index in [1.807, 2.05) is 0 Å². The van der Waals surface area contributed by atoms with E-state index in [-0.39, 0.29) is 32.5 Å². The second kappa shape index (κ2) is 8.92. The van der Waals surface area contributed by atoms with Crippen molar-refractivity contribution < 1.29 is 21.8 Å². The fourth-order valence-corrected chi connectivity index (χ4v) is 5.15. The third kappa shape index (κ3) is 5.94. The molecule has 31 heavy (non-hydrogen) atoms. The zero-order valence-corrected chi connectivity index (χ0v) is 18.1. The van der Waals surface area contributed by atoms with E-state index in [2.05, 4.69) is 9.44 Å². The van der Waals surface area contributed by atoms with Crippen LogP contribution in [0.3, 0.4) is 0 Å². The molecule has 0 aliphatic heterocycles. The minimum absolute atomic E-state index is 0.0888. The molecule has 0 bridgehead atoms. The van der Waals surface area contributed by atoms with E-state index >= 15 is 0 Å². The summed E-state index contributed by atoms with van der Waals surface area (Å²) in [6, 6.07) is 16.7. The summed E-state index contributed by atoms with van der Waals surface area (Å²) in [4.78, 5) is 10.1. The Morgan fingerprint density at radius 3 is 2.19 bits per heavy atom. The Labute approximate surface area is 183 Å². The van der Waals surface area contributed by atoms with E-state index in [9.17, 15) is 26.9 Å². The Bertz CT molecular complexity index is 1330. The average molecular weight is 482 g/mol. The van der Waals surface area contributed by atoms with Crippen molar-refractivity contribution in [3.8, 4) is 0 Å². The molecule has 0 heterocycles. The Morgan fingerprint density at radius 2 is 1.55 bits per heavy atom. The van der Waals surface area contributed by atoms with E-state index in [1.165, 1.54) is 54.6 Å². The number of sulfonamides is 2. The third-order valence-electron chi connectivity index (χ3n) is 4.03. The summed E-state index contributed by atoms with van der Waals surface area (Å²) in [6.07, 6.45) is 0. The lowest BCUT2D eigenvalue weighted by atomic mass is 10.2. The molecule has 3 aromatic carbocycles. The Kier molecular flexibility index (Phi) is 6.48. The SMILES string of the molecule is O=[N+]([O-])c1cccc(CS(=O)(=O)Nc2ccc(S(=O)(=O)Nc3ccccc3Cl)cc2)c1. The van der Waals surface area contributed by atoms with Gasteiger partial charge >= 0.3 is 0 Å². The number of nitrogens with one attached hydrogen (secondary N) is 2. The highest BCUT2D eigenvalue weighted by atomic mass is 35.5. The molecule has 162 valence electrons. The minimum Gasteiger partial charge on any atom is -0.283 e. The molecule has 3 rings (SSSR count). The largest absolute Gasteiger partial charge is 0.283 e. The quantitative estimate of drug-likeness (QED) is 0.369. The van der Waals surface area contributed by atoms with Crippen molar-refractivity contribution in [2.75, 3.05) is 9.44 Å². The first-order valence-corrected chi connectivity index (χ1v) is 12.2. The fraction of sp³-hybridized carbons (Fsp3) is 0.0526. The summed E-state index contributed by atoms with van der Waals surface area (Å²) >= 11 is 5.97. The summed E-state index contributed by atoms with van der Waals surface area (Å²) < 4.78 is 54.5. The molecule has 0 unspecified atom stereocenters. The van der Waals surface area contributed by atoms with Crippen LogP contribution in [0, 0.1) is 10.1 Å². The van der Waals surface area contributed by atoms with Crippen LogP contribution in [-0.4, -0.2) is 21.8 Å². The van der Waals surface area contributed by atoms with Gasteiger partial charge in [0.05, 0.1) is 26.3 Å². The third-order valence-corrected chi connectivity index (χ3v) is 7.01. The molecule has 3 aromatic rings. The maximum Gasteiger partial charge on any atom is 0.269 e. The number of nitro benzene ring substituents is 1. The van der Waals surface area contributed by atoms with E-state index in [0.717, 1.165) is 0 Å². The number of rotatable bonds is 8. The highest BCUT2D eigenvalue weighted by molar-refractivity contribution is 7.92. The Hall–Kier alpha value is -3.15. The van der Waals surface area contributed by atoms with Crippen LogP contribution in [0.25, 0.3) is 0 Å². The first-order valence-electron chi connectivity index (χ1n) is 8.67. The van der Waals surface area contributed by atoms with Crippen LogP contribution in [0.15, 0.2) is 77.7 Å². The number of nitrogens with zero attached hydrogens (tertiary/aromatic N) is 1. The molecule has 0 fully saturated rings. The van der Waals surface area contributed by atoms with Gasteiger partial charge in [-0.15, -0.1) is 0 Å². The van der Waals surface area contributed by atoms with Gasteiger partial charge in [-0.05, 0) is 42.0 Å². The lowest BCUT2D eigenvalue weighted by molar-refractivity contribution is -0.384. The number of hydrogen-bond donors (Lipinski definition) is 2. The molecule has 0 amide bonds. The van der Waals surface area contributed by atoms with Crippen molar-refractivity contribution in [2.45, 2.75) is 10.6 Å². The van der Waals surface area contributed by atoms with E-state index < -0.39 is 30.7 Å². The second-order valence-electron chi connectivity index (χ2n) is 6.40. The zero-order chi connectivity index (χ0) is 22.6. The summed E-state index contributed by atoms with van der Waals surface area (Å²) in [6.45, 7) is 0.